The number of carbonyl (C=O) groups is 2. The second kappa shape index (κ2) is 6.59. The summed E-state index contributed by atoms with van der Waals surface area (Å²) in [6.07, 6.45) is 2.17. The molecule has 98 valence electrons. The summed E-state index contributed by atoms with van der Waals surface area (Å²) in [6, 6.07) is -0.500. The van der Waals surface area contributed by atoms with Crippen LogP contribution in [0.5, 0.6) is 0 Å². The first kappa shape index (κ1) is 14.0. The minimum Gasteiger partial charge on any atom is -0.469 e. The van der Waals surface area contributed by atoms with Gasteiger partial charge in [-0.15, -0.1) is 0 Å². The lowest BCUT2D eigenvalue weighted by molar-refractivity contribution is -0.154. The summed E-state index contributed by atoms with van der Waals surface area (Å²) in [4.78, 5) is 25.0. The van der Waals surface area contributed by atoms with Gasteiger partial charge in [-0.1, -0.05) is 6.92 Å². The summed E-state index contributed by atoms with van der Waals surface area (Å²) in [5.74, 6) is -0.0494. The number of ether oxygens (including phenoxy) is 2. The fraction of sp³-hybridized carbons (Fsp3) is 0.833. The molecule has 0 amide bonds. The number of methoxy groups -OCH3 is 2. The van der Waals surface area contributed by atoms with E-state index < -0.39 is 6.04 Å². The van der Waals surface area contributed by atoms with Crippen molar-refractivity contribution >= 4 is 11.9 Å². The van der Waals surface area contributed by atoms with Gasteiger partial charge >= 0.3 is 11.9 Å². The highest BCUT2D eigenvalue weighted by Gasteiger charge is 2.31. The summed E-state index contributed by atoms with van der Waals surface area (Å²) in [5.41, 5.74) is 0. The fourth-order valence-corrected chi connectivity index (χ4v) is 2.08. The van der Waals surface area contributed by atoms with Crippen molar-refractivity contribution in [3.8, 4) is 0 Å². The highest BCUT2D eigenvalue weighted by atomic mass is 16.5. The molecule has 1 atom stereocenters. The third-order valence-corrected chi connectivity index (χ3v) is 3.32. The molecule has 0 aromatic carbocycles. The lowest BCUT2D eigenvalue weighted by atomic mass is 9.97. The molecule has 0 saturated carbocycles. The molecule has 0 bridgehead atoms. The van der Waals surface area contributed by atoms with E-state index in [1.807, 2.05) is 4.90 Å². The van der Waals surface area contributed by atoms with Gasteiger partial charge in [-0.05, 0) is 31.8 Å². The molecule has 1 fully saturated rings. The van der Waals surface area contributed by atoms with E-state index in [-0.39, 0.29) is 18.4 Å². The molecule has 17 heavy (non-hydrogen) atoms. The van der Waals surface area contributed by atoms with Crippen molar-refractivity contribution in [1.82, 2.24) is 4.90 Å². The van der Waals surface area contributed by atoms with E-state index >= 15 is 0 Å². The first-order chi connectivity index (χ1) is 8.08. The minimum atomic E-state index is -0.500. The van der Waals surface area contributed by atoms with Gasteiger partial charge in [-0.3, -0.25) is 14.5 Å². The van der Waals surface area contributed by atoms with E-state index in [4.69, 9.17) is 4.74 Å². The second-order valence-electron chi connectivity index (χ2n) is 4.54. The lowest BCUT2D eigenvalue weighted by Gasteiger charge is -2.34. The number of likely N-dealkylation sites (tertiary alicyclic amines) is 1. The van der Waals surface area contributed by atoms with Gasteiger partial charge < -0.3 is 9.47 Å². The maximum absolute atomic E-state index is 11.7. The van der Waals surface area contributed by atoms with E-state index in [0.717, 1.165) is 25.9 Å². The SMILES string of the molecule is COC(=O)C[C@H](C(=O)OC)N1CCC(C)CC1. The first-order valence-electron chi connectivity index (χ1n) is 5.97. The quantitative estimate of drug-likeness (QED) is 0.684. The molecular formula is C12H21NO4. The van der Waals surface area contributed by atoms with Crippen LogP contribution in [0.3, 0.4) is 0 Å². The summed E-state index contributed by atoms with van der Waals surface area (Å²) < 4.78 is 9.36. The molecule has 1 rings (SSSR count). The molecule has 1 heterocycles. The van der Waals surface area contributed by atoms with Gasteiger partial charge in [0.05, 0.1) is 20.6 Å². The molecular weight excluding hydrogens is 222 g/mol. The Bertz CT molecular complexity index is 272. The number of piperidine rings is 1. The molecule has 0 aliphatic carbocycles. The van der Waals surface area contributed by atoms with Crippen LogP contribution in [0.15, 0.2) is 0 Å². The Balaban J connectivity index is 2.62. The normalized spacial score (nSPS) is 19.7. The molecule has 0 spiro atoms. The average Bonchev–Trinajstić information content (AvgIpc) is 2.36. The van der Waals surface area contributed by atoms with Crippen LogP contribution in [-0.4, -0.2) is 50.2 Å². The van der Waals surface area contributed by atoms with Gasteiger partial charge in [-0.25, -0.2) is 0 Å². The summed E-state index contributed by atoms with van der Waals surface area (Å²) in [6.45, 7) is 3.86. The van der Waals surface area contributed by atoms with E-state index in [0.29, 0.717) is 5.92 Å². The number of nitrogens with zero attached hydrogens (tertiary/aromatic N) is 1. The second-order valence-corrected chi connectivity index (χ2v) is 4.54. The van der Waals surface area contributed by atoms with Crippen LogP contribution in [0.2, 0.25) is 0 Å². The third kappa shape index (κ3) is 4.00. The maximum Gasteiger partial charge on any atom is 0.323 e. The summed E-state index contributed by atoms with van der Waals surface area (Å²) in [7, 11) is 2.67. The van der Waals surface area contributed by atoms with Gasteiger partial charge in [-0.2, -0.15) is 0 Å². The maximum atomic E-state index is 11.7. The molecule has 1 aliphatic heterocycles. The number of hydrogen-bond donors (Lipinski definition) is 0. The van der Waals surface area contributed by atoms with Gasteiger partial charge in [0.2, 0.25) is 0 Å². The van der Waals surface area contributed by atoms with Crippen LogP contribution in [0, 0.1) is 5.92 Å². The summed E-state index contributed by atoms with van der Waals surface area (Å²) in [5, 5.41) is 0. The van der Waals surface area contributed by atoms with Crippen molar-refractivity contribution in [2.45, 2.75) is 32.2 Å². The predicted octanol–water partition coefficient (Wildman–Crippen LogP) is 0.823. The monoisotopic (exact) mass is 243 g/mol. The van der Waals surface area contributed by atoms with Gasteiger partial charge in [0.15, 0.2) is 0 Å². The van der Waals surface area contributed by atoms with Crippen LogP contribution in [0.1, 0.15) is 26.2 Å². The Morgan fingerprint density at radius 3 is 2.29 bits per heavy atom. The van der Waals surface area contributed by atoms with Crippen molar-refractivity contribution in [1.29, 1.82) is 0 Å². The fourth-order valence-electron chi connectivity index (χ4n) is 2.08. The first-order valence-corrected chi connectivity index (χ1v) is 5.97. The Labute approximate surface area is 102 Å². The largest absolute Gasteiger partial charge is 0.469 e. The van der Waals surface area contributed by atoms with Crippen molar-refractivity contribution < 1.29 is 19.1 Å². The zero-order valence-electron chi connectivity index (χ0n) is 10.8. The molecule has 5 heteroatoms. The van der Waals surface area contributed by atoms with E-state index in [1.54, 1.807) is 0 Å². The highest BCUT2D eigenvalue weighted by molar-refractivity contribution is 5.82. The predicted molar refractivity (Wildman–Crippen MR) is 62.4 cm³/mol. The topological polar surface area (TPSA) is 55.8 Å². The molecule has 1 saturated heterocycles. The highest BCUT2D eigenvalue weighted by Crippen LogP contribution is 2.20. The van der Waals surface area contributed by atoms with Crippen molar-refractivity contribution in [3.63, 3.8) is 0 Å². The number of hydrogen-bond acceptors (Lipinski definition) is 5. The standard InChI is InChI=1S/C12H21NO4/c1-9-4-6-13(7-5-9)10(12(15)17-3)8-11(14)16-2/h9-10H,4-8H2,1-3H3/t10-/m1/s1. The molecule has 0 N–H and O–H groups in total. The molecule has 0 aromatic heterocycles. The van der Waals surface area contributed by atoms with Crippen molar-refractivity contribution in [2.75, 3.05) is 27.3 Å². The zero-order chi connectivity index (χ0) is 12.8. The number of esters is 2. The van der Waals surface area contributed by atoms with Crippen LogP contribution < -0.4 is 0 Å². The van der Waals surface area contributed by atoms with E-state index in [1.165, 1.54) is 14.2 Å². The third-order valence-electron chi connectivity index (χ3n) is 3.32. The van der Waals surface area contributed by atoms with E-state index in [9.17, 15) is 9.59 Å². The average molecular weight is 243 g/mol. The molecule has 0 radical (unpaired) electrons. The Hall–Kier alpha value is -1.10. The van der Waals surface area contributed by atoms with Gasteiger partial charge in [0.25, 0.3) is 0 Å². The van der Waals surface area contributed by atoms with Crippen LogP contribution in [-0.2, 0) is 19.1 Å². The van der Waals surface area contributed by atoms with Crippen molar-refractivity contribution in [3.05, 3.63) is 0 Å². The minimum absolute atomic E-state index is 0.0670. The van der Waals surface area contributed by atoms with Gasteiger partial charge in [0.1, 0.15) is 6.04 Å². The Morgan fingerprint density at radius 2 is 1.82 bits per heavy atom. The molecule has 0 aromatic rings. The lowest BCUT2D eigenvalue weighted by Crippen LogP contribution is -2.47. The van der Waals surface area contributed by atoms with Crippen LogP contribution in [0.4, 0.5) is 0 Å². The van der Waals surface area contributed by atoms with Gasteiger partial charge in [0, 0.05) is 0 Å². The van der Waals surface area contributed by atoms with Crippen LogP contribution >= 0.6 is 0 Å². The smallest absolute Gasteiger partial charge is 0.323 e. The summed E-state index contributed by atoms with van der Waals surface area (Å²) >= 11 is 0. The number of rotatable bonds is 4. The molecule has 0 unspecified atom stereocenters. The van der Waals surface area contributed by atoms with Crippen molar-refractivity contribution in [2.24, 2.45) is 5.92 Å². The van der Waals surface area contributed by atoms with Crippen LogP contribution in [0.25, 0.3) is 0 Å². The Morgan fingerprint density at radius 1 is 1.24 bits per heavy atom. The van der Waals surface area contributed by atoms with E-state index in [2.05, 4.69) is 11.7 Å². The molecule has 1 aliphatic rings. The molecule has 5 nitrogen and oxygen atoms in total. The Kier molecular flexibility index (Phi) is 5.41. The number of carbonyl (C=O) groups excluding carboxylic acids is 2. The zero-order valence-corrected chi connectivity index (χ0v) is 10.8.